The number of rotatable bonds is 3. The van der Waals surface area contributed by atoms with Gasteiger partial charge < -0.3 is 4.84 Å². The summed E-state index contributed by atoms with van der Waals surface area (Å²) in [5.74, 6) is -1.73. The van der Waals surface area contributed by atoms with Gasteiger partial charge in [-0.05, 0) is 17.7 Å². The van der Waals surface area contributed by atoms with E-state index < -0.39 is 11.6 Å². The van der Waals surface area contributed by atoms with E-state index in [1.807, 2.05) is 0 Å². The van der Waals surface area contributed by atoms with E-state index >= 15 is 0 Å². The molecule has 1 aromatic carbocycles. The number of nitrogens with one attached hydrogen (secondary N) is 1. The van der Waals surface area contributed by atoms with Crippen LogP contribution in [0.1, 0.15) is 5.56 Å². The Balaban J connectivity index is 2.88. The molecule has 0 spiro atoms. The van der Waals surface area contributed by atoms with Crippen molar-refractivity contribution in [2.75, 3.05) is 7.11 Å². The average Bonchev–Trinajstić information content (AvgIpc) is 2.09. The van der Waals surface area contributed by atoms with Gasteiger partial charge in [0.05, 0.1) is 7.11 Å². The van der Waals surface area contributed by atoms with Crippen molar-refractivity contribution in [1.82, 2.24) is 5.48 Å². The van der Waals surface area contributed by atoms with Crippen molar-refractivity contribution >= 4 is 15.9 Å². The van der Waals surface area contributed by atoms with E-state index in [1.165, 1.54) is 7.11 Å². The quantitative estimate of drug-likeness (QED) is 0.658. The third kappa shape index (κ3) is 2.72. The molecule has 2 nitrogen and oxygen atoms in total. The summed E-state index contributed by atoms with van der Waals surface area (Å²) in [6.45, 7) is 0.314. The normalized spacial score (nSPS) is 10.5. The molecule has 0 amide bonds. The van der Waals surface area contributed by atoms with E-state index in [0.717, 1.165) is 12.1 Å². The Morgan fingerprint density at radius 1 is 1.38 bits per heavy atom. The van der Waals surface area contributed by atoms with Crippen molar-refractivity contribution in [2.24, 2.45) is 0 Å². The van der Waals surface area contributed by atoms with Crippen molar-refractivity contribution in [3.8, 4) is 0 Å². The fraction of sp³-hybridized carbons (Fsp3) is 0.250. The first-order valence-corrected chi connectivity index (χ1v) is 4.33. The molecular weight excluding hydrogens is 244 g/mol. The Morgan fingerprint density at radius 3 is 2.62 bits per heavy atom. The predicted octanol–water partition coefficient (Wildman–Crippen LogP) is 2.38. The van der Waals surface area contributed by atoms with Gasteiger partial charge in [-0.1, -0.05) is 15.9 Å². The van der Waals surface area contributed by atoms with Crippen molar-refractivity contribution in [2.45, 2.75) is 6.54 Å². The van der Waals surface area contributed by atoms with Crippen LogP contribution in [0.15, 0.2) is 16.6 Å². The molecule has 0 atom stereocenters. The lowest BCUT2D eigenvalue weighted by Gasteiger charge is -2.05. The van der Waals surface area contributed by atoms with Crippen LogP contribution in [0.25, 0.3) is 0 Å². The Kier molecular flexibility index (Phi) is 3.77. The highest BCUT2D eigenvalue weighted by Gasteiger charge is 2.07. The summed E-state index contributed by atoms with van der Waals surface area (Å²) in [5, 5.41) is 0. The number of hydrogen-bond acceptors (Lipinski definition) is 2. The molecule has 0 saturated heterocycles. The first kappa shape index (κ1) is 10.6. The lowest BCUT2D eigenvalue weighted by molar-refractivity contribution is 0.0865. The molecule has 0 aliphatic rings. The van der Waals surface area contributed by atoms with Crippen LogP contribution in [0, 0.1) is 11.6 Å². The third-order valence-corrected chi connectivity index (χ3v) is 2.23. The van der Waals surface area contributed by atoms with Crippen molar-refractivity contribution in [1.29, 1.82) is 0 Å². The number of hydrogen-bond donors (Lipinski definition) is 1. The van der Waals surface area contributed by atoms with Crippen LogP contribution in [-0.4, -0.2) is 7.11 Å². The van der Waals surface area contributed by atoms with Crippen molar-refractivity contribution in [3.05, 3.63) is 33.8 Å². The van der Waals surface area contributed by atoms with Gasteiger partial charge in [-0.25, -0.2) is 8.78 Å². The standard InChI is InChI=1S/C8H8BrF2NO/c1-13-12-4-5-2-7(10)8(11)3-6(5)9/h2-3,12H,4H2,1H3. The highest BCUT2D eigenvalue weighted by Crippen LogP contribution is 2.20. The molecule has 0 aliphatic heterocycles. The molecule has 0 radical (unpaired) electrons. The SMILES string of the molecule is CONCc1cc(F)c(F)cc1Br. The highest BCUT2D eigenvalue weighted by atomic mass is 79.9. The van der Waals surface area contributed by atoms with E-state index in [4.69, 9.17) is 0 Å². The summed E-state index contributed by atoms with van der Waals surface area (Å²) in [7, 11) is 1.45. The Bertz CT molecular complexity index is 306. The maximum Gasteiger partial charge on any atom is 0.159 e. The number of halogens is 3. The zero-order valence-corrected chi connectivity index (χ0v) is 8.49. The van der Waals surface area contributed by atoms with Gasteiger partial charge >= 0.3 is 0 Å². The first-order valence-electron chi connectivity index (χ1n) is 3.54. The van der Waals surface area contributed by atoms with Crippen LogP contribution in [-0.2, 0) is 11.4 Å². The molecule has 1 N–H and O–H groups in total. The van der Waals surface area contributed by atoms with Crippen LogP contribution in [0.3, 0.4) is 0 Å². The van der Waals surface area contributed by atoms with Gasteiger partial charge in [0.15, 0.2) is 11.6 Å². The molecule has 1 rings (SSSR count). The molecule has 13 heavy (non-hydrogen) atoms. The molecular formula is C8H8BrF2NO. The second kappa shape index (κ2) is 4.64. The third-order valence-electron chi connectivity index (χ3n) is 1.50. The van der Waals surface area contributed by atoms with Gasteiger partial charge in [0, 0.05) is 11.0 Å². The summed E-state index contributed by atoms with van der Waals surface area (Å²) in [6, 6.07) is 2.20. The van der Waals surface area contributed by atoms with Crippen molar-refractivity contribution < 1.29 is 13.6 Å². The minimum Gasteiger partial charge on any atom is -0.305 e. The lowest BCUT2D eigenvalue weighted by Crippen LogP contribution is -2.11. The van der Waals surface area contributed by atoms with Crippen LogP contribution >= 0.6 is 15.9 Å². The smallest absolute Gasteiger partial charge is 0.159 e. The second-order valence-corrected chi connectivity index (χ2v) is 3.24. The van der Waals surface area contributed by atoms with E-state index in [-0.39, 0.29) is 0 Å². The molecule has 0 bridgehead atoms. The molecule has 1 aromatic rings. The summed E-state index contributed by atoms with van der Waals surface area (Å²) >= 11 is 3.11. The van der Waals surface area contributed by atoms with Gasteiger partial charge in [-0.3, -0.25) is 0 Å². The van der Waals surface area contributed by atoms with Crippen LogP contribution < -0.4 is 5.48 Å². The first-order chi connectivity index (χ1) is 6.15. The maximum absolute atomic E-state index is 12.7. The average molecular weight is 252 g/mol. The topological polar surface area (TPSA) is 21.3 Å². The fourth-order valence-electron chi connectivity index (χ4n) is 0.849. The Hall–Kier alpha value is -0.520. The van der Waals surface area contributed by atoms with E-state index in [9.17, 15) is 8.78 Å². The fourth-order valence-corrected chi connectivity index (χ4v) is 1.30. The summed E-state index contributed by atoms with van der Waals surface area (Å²) in [4.78, 5) is 4.58. The largest absolute Gasteiger partial charge is 0.305 e. The molecule has 72 valence electrons. The minimum absolute atomic E-state index is 0.314. The summed E-state index contributed by atoms with van der Waals surface area (Å²) in [5.41, 5.74) is 3.13. The lowest BCUT2D eigenvalue weighted by atomic mass is 10.2. The highest BCUT2D eigenvalue weighted by molar-refractivity contribution is 9.10. The van der Waals surface area contributed by atoms with E-state index in [0.29, 0.717) is 16.6 Å². The maximum atomic E-state index is 12.7. The zero-order valence-electron chi connectivity index (χ0n) is 6.90. The molecule has 0 saturated carbocycles. The number of hydroxylamine groups is 1. The summed E-state index contributed by atoms with van der Waals surface area (Å²) in [6.07, 6.45) is 0. The Morgan fingerprint density at radius 2 is 2.00 bits per heavy atom. The summed E-state index contributed by atoms with van der Waals surface area (Å²) < 4.78 is 25.9. The van der Waals surface area contributed by atoms with Gasteiger partial charge in [-0.15, -0.1) is 0 Å². The van der Waals surface area contributed by atoms with E-state index in [1.54, 1.807) is 0 Å². The molecule has 0 fully saturated rings. The van der Waals surface area contributed by atoms with E-state index in [2.05, 4.69) is 26.2 Å². The van der Waals surface area contributed by atoms with Gasteiger partial charge in [0.1, 0.15) is 0 Å². The molecule has 0 aliphatic carbocycles. The zero-order chi connectivity index (χ0) is 9.84. The van der Waals surface area contributed by atoms with Gasteiger partial charge in [-0.2, -0.15) is 5.48 Å². The predicted molar refractivity (Wildman–Crippen MR) is 47.9 cm³/mol. The molecule has 0 unspecified atom stereocenters. The Labute approximate surface area is 83.0 Å². The number of benzene rings is 1. The van der Waals surface area contributed by atoms with Gasteiger partial charge in [0.25, 0.3) is 0 Å². The van der Waals surface area contributed by atoms with Crippen LogP contribution in [0.4, 0.5) is 8.78 Å². The second-order valence-electron chi connectivity index (χ2n) is 2.38. The van der Waals surface area contributed by atoms with Gasteiger partial charge in [0.2, 0.25) is 0 Å². The van der Waals surface area contributed by atoms with Crippen LogP contribution in [0.2, 0.25) is 0 Å². The minimum atomic E-state index is -0.868. The molecule has 0 heterocycles. The molecule has 0 aromatic heterocycles. The van der Waals surface area contributed by atoms with Crippen LogP contribution in [0.5, 0.6) is 0 Å². The monoisotopic (exact) mass is 251 g/mol. The molecule has 5 heteroatoms. The van der Waals surface area contributed by atoms with Crippen molar-refractivity contribution in [3.63, 3.8) is 0 Å².